The van der Waals surface area contributed by atoms with Crippen LogP contribution in [0.1, 0.15) is 52.1 Å². The van der Waals surface area contributed by atoms with Gasteiger partial charge in [-0.3, -0.25) is 0 Å². The minimum atomic E-state index is 0.696. The number of imidazole rings is 1. The van der Waals surface area contributed by atoms with Crippen LogP contribution < -0.4 is 5.32 Å². The molecular formula is C17H32N4. The smallest absolute Gasteiger partial charge is 0.0948 e. The molecule has 0 bridgehead atoms. The lowest BCUT2D eigenvalue weighted by atomic mass is 10.0. The highest BCUT2D eigenvalue weighted by atomic mass is 15.2. The maximum absolute atomic E-state index is 4.31. The van der Waals surface area contributed by atoms with E-state index in [0.717, 1.165) is 25.7 Å². The van der Waals surface area contributed by atoms with Gasteiger partial charge in [-0.25, -0.2) is 4.98 Å². The summed E-state index contributed by atoms with van der Waals surface area (Å²) < 4.78 is 2.31. The lowest BCUT2D eigenvalue weighted by molar-refractivity contribution is 0.156. The van der Waals surface area contributed by atoms with Crippen molar-refractivity contribution in [2.24, 2.45) is 5.92 Å². The Bertz CT molecular complexity index is 399. The largest absolute Gasteiger partial charge is 0.333 e. The second kappa shape index (κ2) is 8.54. The molecule has 1 saturated heterocycles. The lowest BCUT2D eigenvalue weighted by Crippen LogP contribution is -2.38. The summed E-state index contributed by atoms with van der Waals surface area (Å²) in [5.41, 5.74) is 1.31. The normalized spacial score (nSPS) is 20.3. The van der Waals surface area contributed by atoms with Gasteiger partial charge in [-0.1, -0.05) is 20.3 Å². The first-order chi connectivity index (χ1) is 10.2. The van der Waals surface area contributed by atoms with E-state index in [-0.39, 0.29) is 0 Å². The Labute approximate surface area is 129 Å². The summed E-state index contributed by atoms with van der Waals surface area (Å²) in [6, 6.07) is 0.772. The van der Waals surface area contributed by atoms with E-state index in [1.165, 1.54) is 44.5 Å². The lowest BCUT2D eigenvalue weighted by Gasteiger charge is -2.33. The number of hydrogen-bond acceptors (Lipinski definition) is 3. The molecule has 2 rings (SSSR count). The van der Waals surface area contributed by atoms with Crippen LogP contribution >= 0.6 is 0 Å². The number of nitrogens with zero attached hydrogens (tertiary/aromatic N) is 3. The maximum atomic E-state index is 4.31. The molecule has 1 aliphatic heterocycles. The zero-order chi connectivity index (χ0) is 15.1. The van der Waals surface area contributed by atoms with Gasteiger partial charge in [0.25, 0.3) is 0 Å². The number of rotatable bonds is 8. The molecule has 1 N–H and O–H groups in total. The molecule has 0 aliphatic carbocycles. The van der Waals surface area contributed by atoms with Gasteiger partial charge in [0.15, 0.2) is 0 Å². The second-order valence-corrected chi connectivity index (χ2v) is 6.84. The van der Waals surface area contributed by atoms with Crippen molar-refractivity contribution in [3.8, 4) is 0 Å². The molecule has 0 amide bonds. The molecule has 1 aliphatic rings. The monoisotopic (exact) mass is 292 g/mol. The Morgan fingerprint density at radius 2 is 2.19 bits per heavy atom. The fourth-order valence-corrected chi connectivity index (χ4v) is 3.12. The summed E-state index contributed by atoms with van der Waals surface area (Å²) in [7, 11) is 0. The van der Waals surface area contributed by atoms with Gasteiger partial charge in [-0.2, -0.15) is 0 Å². The van der Waals surface area contributed by atoms with Crippen molar-refractivity contribution in [2.45, 2.75) is 65.6 Å². The van der Waals surface area contributed by atoms with Crippen molar-refractivity contribution in [2.75, 3.05) is 19.6 Å². The molecule has 1 aromatic rings. The van der Waals surface area contributed by atoms with Crippen LogP contribution in [0.25, 0.3) is 0 Å². The number of aromatic nitrogens is 2. The molecule has 21 heavy (non-hydrogen) atoms. The molecule has 0 radical (unpaired) electrons. The molecule has 1 atom stereocenters. The molecule has 0 aromatic carbocycles. The first kappa shape index (κ1) is 16.5. The minimum Gasteiger partial charge on any atom is -0.333 e. The van der Waals surface area contributed by atoms with Crippen LogP contribution in [0.3, 0.4) is 0 Å². The van der Waals surface area contributed by atoms with Crippen LogP contribution in [0.2, 0.25) is 0 Å². The molecule has 1 aromatic heterocycles. The van der Waals surface area contributed by atoms with Crippen LogP contribution in [0.5, 0.6) is 0 Å². The Kier molecular flexibility index (Phi) is 6.71. The Morgan fingerprint density at radius 1 is 1.33 bits per heavy atom. The van der Waals surface area contributed by atoms with Crippen LogP contribution in [0.4, 0.5) is 0 Å². The SMILES string of the molecule is CC(C)CNCc1cncn1CCCN1CCCCC1C. The van der Waals surface area contributed by atoms with Gasteiger partial charge in [0.05, 0.1) is 12.0 Å². The molecule has 2 heterocycles. The minimum absolute atomic E-state index is 0.696. The van der Waals surface area contributed by atoms with Crippen molar-refractivity contribution >= 4 is 0 Å². The Morgan fingerprint density at radius 3 is 2.95 bits per heavy atom. The van der Waals surface area contributed by atoms with Gasteiger partial charge in [-0.05, 0) is 45.2 Å². The number of nitrogens with one attached hydrogen (secondary N) is 1. The van der Waals surface area contributed by atoms with Crippen molar-refractivity contribution in [3.63, 3.8) is 0 Å². The van der Waals surface area contributed by atoms with Crippen LogP contribution in [-0.4, -0.2) is 40.1 Å². The number of aryl methyl sites for hydroxylation is 1. The fourth-order valence-electron chi connectivity index (χ4n) is 3.12. The number of likely N-dealkylation sites (tertiary alicyclic amines) is 1. The first-order valence-corrected chi connectivity index (χ1v) is 8.60. The summed E-state index contributed by atoms with van der Waals surface area (Å²) in [4.78, 5) is 6.96. The van der Waals surface area contributed by atoms with Gasteiger partial charge < -0.3 is 14.8 Å². The van der Waals surface area contributed by atoms with E-state index in [2.05, 4.69) is 40.5 Å². The summed E-state index contributed by atoms with van der Waals surface area (Å²) >= 11 is 0. The zero-order valence-electron chi connectivity index (χ0n) is 14.0. The summed E-state index contributed by atoms with van der Waals surface area (Å²) in [5, 5.41) is 3.50. The topological polar surface area (TPSA) is 33.1 Å². The van der Waals surface area contributed by atoms with Crippen molar-refractivity contribution in [1.82, 2.24) is 19.8 Å². The highest BCUT2D eigenvalue weighted by molar-refractivity contribution is 4.97. The van der Waals surface area contributed by atoms with Crippen molar-refractivity contribution < 1.29 is 0 Å². The average Bonchev–Trinajstić information content (AvgIpc) is 2.88. The van der Waals surface area contributed by atoms with E-state index in [0.29, 0.717) is 5.92 Å². The molecular weight excluding hydrogens is 260 g/mol. The average molecular weight is 292 g/mol. The van der Waals surface area contributed by atoms with Crippen molar-refractivity contribution in [1.29, 1.82) is 0 Å². The van der Waals surface area contributed by atoms with Crippen molar-refractivity contribution in [3.05, 3.63) is 18.2 Å². The Hall–Kier alpha value is -0.870. The van der Waals surface area contributed by atoms with E-state index >= 15 is 0 Å². The van der Waals surface area contributed by atoms with Gasteiger partial charge in [0.1, 0.15) is 0 Å². The highest BCUT2D eigenvalue weighted by Gasteiger charge is 2.17. The summed E-state index contributed by atoms with van der Waals surface area (Å²) in [6.45, 7) is 12.4. The summed E-state index contributed by atoms with van der Waals surface area (Å²) in [5.74, 6) is 0.696. The van der Waals surface area contributed by atoms with E-state index in [1.54, 1.807) is 0 Å². The molecule has 4 nitrogen and oxygen atoms in total. The number of piperidine rings is 1. The van der Waals surface area contributed by atoms with Crippen LogP contribution in [0, 0.1) is 5.92 Å². The molecule has 0 saturated carbocycles. The van der Waals surface area contributed by atoms with E-state index in [1.807, 2.05) is 12.5 Å². The van der Waals surface area contributed by atoms with Gasteiger partial charge >= 0.3 is 0 Å². The predicted octanol–water partition coefficient (Wildman–Crippen LogP) is 2.89. The van der Waals surface area contributed by atoms with E-state index in [4.69, 9.17) is 0 Å². The third-order valence-electron chi connectivity index (χ3n) is 4.44. The van der Waals surface area contributed by atoms with E-state index < -0.39 is 0 Å². The fraction of sp³-hybridized carbons (Fsp3) is 0.824. The van der Waals surface area contributed by atoms with Gasteiger partial charge in [0.2, 0.25) is 0 Å². The van der Waals surface area contributed by atoms with Gasteiger partial charge in [0, 0.05) is 31.9 Å². The number of hydrogen-bond donors (Lipinski definition) is 1. The van der Waals surface area contributed by atoms with E-state index in [9.17, 15) is 0 Å². The standard InChI is InChI=1S/C17H32N4/c1-15(2)11-18-12-17-13-19-14-21(17)10-6-9-20-8-5-4-7-16(20)3/h13-16,18H,4-12H2,1-3H3. The molecule has 4 heteroatoms. The molecule has 1 fully saturated rings. The Balaban J connectivity index is 1.71. The van der Waals surface area contributed by atoms with Gasteiger partial charge in [-0.15, -0.1) is 0 Å². The van der Waals surface area contributed by atoms with Crippen LogP contribution in [-0.2, 0) is 13.1 Å². The maximum Gasteiger partial charge on any atom is 0.0948 e. The first-order valence-electron chi connectivity index (χ1n) is 8.60. The third-order valence-corrected chi connectivity index (χ3v) is 4.44. The molecule has 1 unspecified atom stereocenters. The molecule has 0 spiro atoms. The zero-order valence-corrected chi connectivity index (χ0v) is 14.0. The predicted molar refractivity (Wildman–Crippen MR) is 88.3 cm³/mol. The quantitative estimate of drug-likeness (QED) is 0.800. The third kappa shape index (κ3) is 5.44. The molecule has 120 valence electrons. The highest BCUT2D eigenvalue weighted by Crippen LogP contribution is 2.16. The summed E-state index contributed by atoms with van der Waals surface area (Å²) in [6.07, 6.45) is 9.35. The van der Waals surface area contributed by atoms with Crippen LogP contribution in [0.15, 0.2) is 12.5 Å². The second-order valence-electron chi connectivity index (χ2n) is 6.84.